The third-order valence-corrected chi connectivity index (χ3v) is 2.75. The van der Waals surface area contributed by atoms with Crippen LogP contribution in [0.2, 0.25) is 0 Å². The molecule has 2 N–H and O–H groups in total. The Morgan fingerprint density at radius 2 is 1.57 bits per heavy atom. The third-order valence-electron chi connectivity index (χ3n) is 2.75. The van der Waals surface area contributed by atoms with Crippen molar-refractivity contribution in [1.29, 1.82) is 0 Å². The molecule has 0 amide bonds. The lowest BCUT2D eigenvalue weighted by atomic mass is 10.2. The zero-order valence-electron chi connectivity index (χ0n) is 11.9. The Bertz CT molecular complexity index is 715. The van der Waals surface area contributed by atoms with Crippen LogP contribution >= 0.6 is 0 Å². The minimum Gasteiger partial charge on any atom is -1.00 e. The van der Waals surface area contributed by atoms with Crippen molar-refractivity contribution < 1.29 is 21.8 Å². The van der Waals surface area contributed by atoms with E-state index in [-0.39, 0.29) is 17.0 Å². The fourth-order valence-corrected chi connectivity index (χ4v) is 1.76. The molecule has 0 atom stereocenters. The van der Waals surface area contributed by atoms with Gasteiger partial charge in [0.15, 0.2) is 12.0 Å². The first-order valence-electron chi connectivity index (χ1n) is 6.55. The fourth-order valence-electron chi connectivity index (χ4n) is 1.76. The lowest BCUT2D eigenvalue weighted by molar-refractivity contribution is -0.716. The number of aromatic amines is 2. The summed E-state index contributed by atoms with van der Waals surface area (Å²) in [7, 11) is 0. The first-order chi connectivity index (χ1) is 10.9. The number of tetrazole rings is 2. The van der Waals surface area contributed by atoms with E-state index >= 15 is 0 Å². The molecule has 0 aliphatic carbocycles. The number of nitrogens with one attached hydrogen (secondary N) is 2. The largest absolute Gasteiger partial charge is 1.00 e. The molecule has 0 spiro atoms. The van der Waals surface area contributed by atoms with Gasteiger partial charge in [0, 0.05) is 0 Å². The standard InChI is InChI=1S/C13H10N4.CH2N4.BrH/c1-3-7-11(8-4-1)13-14-16-17(15-13)12-9-5-2-6-10-12;1-2-4-5-3-1;/h1-10H;1H,(H,2,3,4,5);1H. The predicted molar refractivity (Wildman–Crippen MR) is 77.5 cm³/mol. The average molecular weight is 373 g/mol. The Hall–Kier alpha value is -2.94. The van der Waals surface area contributed by atoms with Gasteiger partial charge in [0.05, 0.1) is 10.7 Å². The number of hydrogen-bond donors (Lipinski definition) is 2. The molecule has 4 rings (SSSR count). The van der Waals surface area contributed by atoms with Gasteiger partial charge in [-0.25, -0.2) is 0 Å². The second-order valence-electron chi connectivity index (χ2n) is 4.21. The second kappa shape index (κ2) is 8.49. The number of para-hydroxylation sites is 1. The lowest BCUT2D eigenvalue weighted by Crippen LogP contribution is -3.00. The minimum absolute atomic E-state index is 0. The molecule has 116 valence electrons. The number of nitrogens with zero attached hydrogens (tertiary/aromatic N) is 6. The number of halogens is 1. The van der Waals surface area contributed by atoms with Gasteiger partial charge in [-0.15, -0.1) is 10.2 Å². The van der Waals surface area contributed by atoms with Crippen LogP contribution in [0.25, 0.3) is 17.1 Å². The van der Waals surface area contributed by atoms with Crippen LogP contribution in [0.1, 0.15) is 0 Å². The van der Waals surface area contributed by atoms with Crippen molar-refractivity contribution in [2.24, 2.45) is 0 Å². The van der Waals surface area contributed by atoms with E-state index < -0.39 is 0 Å². The lowest BCUT2D eigenvalue weighted by Gasteiger charge is -1.89. The molecule has 4 aromatic rings. The molecule has 8 nitrogen and oxygen atoms in total. The van der Waals surface area contributed by atoms with Crippen LogP contribution in [-0.2, 0) is 0 Å². The summed E-state index contributed by atoms with van der Waals surface area (Å²) in [6.45, 7) is 0. The second-order valence-corrected chi connectivity index (χ2v) is 4.21. The molecule has 0 bridgehead atoms. The van der Waals surface area contributed by atoms with E-state index in [9.17, 15) is 0 Å². The summed E-state index contributed by atoms with van der Waals surface area (Å²) < 4.78 is 0. The molecule has 2 aromatic heterocycles. The van der Waals surface area contributed by atoms with E-state index in [2.05, 4.69) is 36.0 Å². The highest BCUT2D eigenvalue weighted by Gasteiger charge is 2.14. The van der Waals surface area contributed by atoms with Crippen molar-refractivity contribution in [2.45, 2.75) is 0 Å². The first-order valence-corrected chi connectivity index (χ1v) is 6.55. The van der Waals surface area contributed by atoms with Gasteiger partial charge in [0.2, 0.25) is 0 Å². The number of benzene rings is 2. The quantitative estimate of drug-likeness (QED) is 0.394. The van der Waals surface area contributed by atoms with Gasteiger partial charge in [0.1, 0.15) is 0 Å². The van der Waals surface area contributed by atoms with Gasteiger partial charge < -0.3 is 17.0 Å². The van der Waals surface area contributed by atoms with Crippen molar-refractivity contribution in [3.63, 3.8) is 0 Å². The molecule has 2 aromatic carbocycles. The van der Waals surface area contributed by atoms with Crippen LogP contribution in [0.5, 0.6) is 0 Å². The zero-order valence-corrected chi connectivity index (χ0v) is 13.5. The van der Waals surface area contributed by atoms with Crippen LogP contribution in [0.4, 0.5) is 0 Å². The number of aromatic nitrogens is 8. The van der Waals surface area contributed by atoms with Crippen LogP contribution in [0.15, 0.2) is 67.0 Å². The summed E-state index contributed by atoms with van der Waals surface area (Å²) in [5.41, 5.74) is 1.96. The summed E-state index contributed by atoms with van der Waals surface area (Å²) in [5, 5.41) is 23.6. The molecule has 0 radical (unpaired) electrons. The van der Waals surface area contributed by atoms with Crippen molar-refractivity contribution >= 4 is 0 Å². The van der Waals surface area contributed by atoms with Crippen molar-refractivity contribution in [1.82, 2.24) is 36.0 Å². The summed E-state index contributed by atoms with van der Waals surface area (Å²) in [5.74, 6) is 0.689. The molecule has 0 saturated carbocycles. The Balaban J connectivity index is 0.000000276. The summed E-state index contributed by atoms with van der Waals surface area (Å²) in [4.78, 5) is 1.66. The monoisotopic (exact) mass is 372 g/mol. The highest BCUT2D eigenvalue weighted by atomic mass is 79.9. The summed E-state index contributed by atoms with van der Waals surface area (Å²) >= 11 is 0. The summed E-state index contributed by atoms with van der Waals surface area (Å²) in [6, 6.07) is 19.7. The number of rotatable bonds is 2. The van der Waals surface area contributed by atoms with Gasteiger partial charge in [-0.2, -0.15) is 5.21 Å². The van der Waals surface area contributed by atoms with Crippen molar-refractivity contribution in [3.05, 3.63) is 67.0 Å². The van der Waals surface area contributed by atoms with Gasteiger partial charge in [0.25, 0.3) is 0 Å². The Morgan fingerprint density at radius 3 is 2.13 bits per heavy atom. The number of H-pyrrole nitrogens is 2. The van der Waals surface area contributed by atoms with E-state index in [1.165, 1.54) is 6.33 Å². The van der Waals surface area contributed by atoms with Crippen molar-refractivity contribution in [3.8, 4) is 17.1 Å². The Kier molecular flexibility index (Phi) is 6.07. The molecule has 2 heterocycles. The van der Waals surface area contributed by atoms with Gasteiger partial charge in [-0.05, 0) is 39.4 Å². The van der Waals surface area contributed by atoms with Gasteiger partial charge in [-0.1, -0.05) is 41.6 Å². The molecular weight excluding hydrogens is 360 g/mol. The smallest absolute Gasteiger partial charge is 0.339 e. The first kappa shape index (κ1) is 16.4. The highest BCUT2D eigenvalue weighted by molar-refractivity contribution is 5.52. The SMILES string of the molecule is [Br-].c1ccc(-c2n[nH][n+](-c3ccccc3)n2)cc1.c1nn[nH]n1. The number of hydrogen-bond acceptors (Lipinski definition) is 5. The maximum Gasteiger partial charge on any atom is 0.339 e. The molecule has 0 saturated heterocycles. The third kappa shape index (κ3) is 4.51. The topological polar surface area (TPSA) is 99.9 Å². The average Bonchev–Trinajstić information content (AvgIpc) is 3.31. The van der Waals surface area contributed by atoms with Crippen molar-refractivity contribution in [2.75, 3.05) is 0 Å². The fraction of sp³-hybridized carbons (Fsp3) is 0. The van der Waals surface area contributed by atoms with E-state index in [1.54, 1.807) is 4.80 Å². The molecule has 9 heteroatoms. The zero-order chi connectivity index (χ0) is 15.0. The van der Waals surface area contributed by atoms with Gasteiger partial charge in [-0.3, -0.25) is 0 Å². The Labute approximate surface area is 142 Å². The van der Waals surface area contributed by atoms with E-state index in [0.29, 0.717) is 5.82 Å². The van der Waals surface area contributed by atoms with Crippen LogP contribution < -0.4 is 21.8 Å². The maximum absolute atomic E-state index is 4.40. The van der Waals surface area contributed by atoms with E-state index in [4.69, 9.17) is 0 Å². The van der Waals surface area contributed by atoms with E-state index in [1.807, 2.05) is 60.7 Å². The van der Waals surface area contributed by atoms with Crippen LogP contribution in [0, 0.1) is 0 Å². The molecule has 0 fully saturated rings. The molecule has 23 heavy (non-hydrogen) atoms. The van der Waals surface area contributed by atoms with Crippen LogP contribution in [0.3, 0.4) is 0 Å². The molecule has 0 aliphatic rings. The Morgan fingerprint density at radius 1 is 0.870 bits per heavy atom. The van der Waals surface area contributed by atoms with Gasteiger partial charge >= 0.3 is 5.82 Å². The predicted octanol–water partition coefficient (Wildman–Crippen LogP) is -2.05. The van der Waals surface area contributed by atoms with E-state index in [0.717, 1.165) is 11.3 Å². The minimum atomic E-state index is 0. The maximum atomic E-state index is 4.40. The molecule has 0 unspecified atom stereocenters. The highest BCUT2D eigenvalue weighted by Crippen LogP contribution is 2.10. The molecular formula is C14H13BrN8. The normalized spacial score (nSPS) is 9.39. The molecule has 0 aliphatic heterocycles. The summed E-state index contributed by atoms with van der Waals surface area (Å²) in [6.07, 6.45) is 1.33. The van der Waals surface area contributed by atoms with Crippen LogP contribution in [-0.4, -0.2) is 36.0 Å².